The van der Waals surface area contributed by atoms with Crippen LogP contribution in [0.2, 0.25) is 10.0 Å². The summed E-state index contributed by atoms with van der Waals surface area (Å²) in [6.45, 7) is 1.67. The van der Waals surface area contributed by atoms with Crippen molar-refractivity contribution in [1.82, 2.24) is 0 Å². The Balaban J connectivity index is 2.93. The van der Waals surface area contributed by atoms with Gasteiger partial charge in [-0.05, 0) is 26.0 Å². The first-order valence-electron chi connectivity index (χ1n) is 5.05. The number of hydrogen-bond donors (Lipinski definition) is 0. The number of hydrogen-bond acceptors (Lipinski definition) is 4. The zero-order chi connectivity index (χ0) is 12.9. The highest BCUT2D eigenvalue weighted by atomic mass is 35.5. The van der Waals surface area contributed by atoms with Gasteiger partial charge in [-0.15, -0.1) is 0 Å². The number of rotatable bonds is 6. The van der Waals surface area contributed by atoms with E-state index in [4.69, 9.17) is 48.6 Å². The molecule has 7 heteroatoms. The Hall–Kier alpha value is 0.170. The monoisotopic (exact) mass is 314 g/mol. The molecule has 0 aromatic heterocycles. The van der Waals surface area contributed by atoms with Crippen LogP contribution in [0.15, 0.2) is 18.2 Å². The second kappa shape index (κ2) is 6.93. The van der Waals surface area contributed by atoms with E-state index in [1.807, 2.05) is 13.8 Å². The summed E-state index contributed by atoms with van der Waals surface area (Å²) in [5.74, 6) is 0.379. The molecule has 0 aliphatic heterocycles. The smallest absolute Gasteiger partial charge is 0.380 e. The summed E-state index contributed by atoms with van der Waals surface area (Å²) in [5.41, 5.74) is 0. The fourth-order valence-electron chi connectivity index (χ4n) is 1.08. The molecule has 0 unspecified atom stereocenters. The van der Waals surface area contributed by atoms with Crippen LogP contribution >= 0.6 is 29.9 Å². The molecule has 0 amide bonds. The fourth-order valence-corrected chi connectivity index (χ4v) is 3.54. The lowest BCUT2D eigenvalue weighted by molar-refractivity contribution is 0.218. The van der Waals surface area contributed by atoms with Gasteiger partial charge in [-0.1, -0.05) is 29.3 Å². The van der Waals surface area contributed by atoms with Crippen molar-refractivity contribution in [2.24, 2.45) is 0 Å². The molecule has 17 heavy (non-hydrogen) atoms. The average molecular weight is 315 g/mol. The summed E-state index contributed by atoms with van der Waals surface area (Å²) in [6, 6.07) is 5.07. The van der Waals surface area contributed by atoms with E-state index >= 15 is 0 Å². The van der Waals surface area contributed by atoms with Crippen molar-refractivity contribution in [2.45, 2.75) is 13.8 Å². The molecule has 0 heterocycles. The Morgan fingerprint density at radius 1 is 1.18 bits per heavy atom. The van der Waals surface area contributed by atoms with E-state index in [2.05, 4.69) is 0 Å². The van der Waals surface area contributed by atoms with Crippen LogP contribution in [0.4, 0.5) is 0 Å². The summed E-state index contributed by atoms with van der Waals surface area (Å²) >= 11 is 17.1. The van der Waals surface area contributed by atoms with Crippen molar-refractivity contribution < 1.29 is 13.6 Å². The van der Waals surface area contributed by atoms with Crippen LogP contribution in [-0.4, -0.2) is 13.2 Å². The molecule has 0 atom stereocenters. The first-order valence-corrected chi connectivity index (χ1v) is 8.36. The highest BCUT2D eigenvalue weighted by Gasteiger charge is 2.22. The highest BCUT2D eigenvalue weighted by molar-refractivity contribution is 8.07. The molecule has 1 aromatic rings. The van der Waals surface area contributed by atoms with Crippen LogP contribution in [0.5, 0.6) is 5.75 Å². The van der Waals surface area contributed by atoms with Gasteiger partial charge in [0.15, 0.2) is 0 Å². The molecule has 0 aliphatic carbocycles. The maximum absolute atomic E-state index is 6.00. The van der Waals surface area contributed by atoms with E-state index in [0.29, 0.717) is 29.0 Å². The topological polar surface area (TPSA) is 27.7 Å². The minimum atomic E-state index is -2.80. The number of halogens is 2. The summed E-state index contributed by atoms with van der Waals surface area (Å²) < 4.78 is 16.3. The molecule has 0 aliphatic rings. The van der Waals surface area contributed by atoms with Crippen LogP contribution in [0.3, 0.4) is 0 Å². The largest absolute Gasteiger partial charge is 0.422 e. The highest BCUT2D eigenvalue weighted by Crippen LogP contribution is 2.51. The molecule has 0 radical (unpaired) electrons. The summed E-state index contributed by atoms with van der Waals surface area (Å²) in [5, 5.41) is 0.710. The Morgan fingerprint density at radius 2 is 1.76 bits per heavy atom. The summed E-state index contributed by atoms with van der Waals surface area (Å²) in [6.07, 6.45) is 0. The van der Waals surface area contributed by atoms with E-state index in [1.165, 1.54) is 0 Å². The maximum Gasteiger partial charge on any atom is 0.380 e. The molecule has 96 valence electrons. The van der Waals surface area contributed by atoms with Gasteiger partial charge in [0.05, 0.1) is 18.2 Å². The van der Waals surface area contributed by atoms with Gasteiger partial charge in [0.1, 0.15) is 10.8 Å². The van der Waals surface area contributed by atoms with Crippen LogP contribution in [0.1, 0.15) is 13.8 Å². The molecule has 0 bridgehead atoms. The molecule has 0 spiro atoms. The van der Waals surface area contributed by atoms with Crippen molar-refractivity contribution in [3.8, 4) is 5.75 Å². The van der Waals surface area contributed by atoms with Crippen molar-refractivity contribution in [3.63, 3.8) is 0 Å². The molecule has 3 nitrogen and oxygen atoms in total. The Bertz CT molecular complexity index is 418. The minimum absolute atomic E-state index is 0.308. The van der Waals surface area contributed by atoms with Crippen LogP contribution in [0.25, 0.3) is 0 Å². The van der Waals surface area contributed by atoms with Crippen molar-refractivity contribution >= 4 is 41.7 Å². The van der Waals surface area contributed by atoms with Gasteiger partial charge in [-0.2, -0.15) is 0 Å². The first kappa shape index (κ1) is 15.2. The lowest BCUT2D eigenvalue weighted by Gasteiger charge is -2.21. The van der Waals surface area contributed by atoms with Gasteiger partial charge in [-0.25, -0.2) is 0 Å². The minimum Gasteiger partial charge on any atom is -0.422 e. The summed E-state index contributed by atoms with van der Waals surface area (Å²) in [7, 11) is 0. The van der Waals surface area contributed by atoms with Crippen LogP contribution in [0, 0.1) is 0 Å². The van der Waals surface area contributed by atoms with Crippen LogP contribution in [-0.2, 0) is 20.9 Å². The van der Waals surface area contributed by atoms with E-state index in [-0.39, 0.29) is 0 Å². The molecule has 0 saturated heterocycles. The van der Waals surface area contributed by atoms with Crippen molar-refractivity contribution in [2.75, 3.05) is 13.2 Å². The van der Waals surface area contributed by atoms with Crippen molar-refractivity contribution in [3.05, 3.63) is 28.2 Å². The van der Waals surface area contributed by atoms with E-state index < -0.39 is 6.72 Å². The Labute approximate surface area is 116 Å². The average Bonchev–Trinajstić information content (AvgIpc) is 2.25. The second-order valence-electron chi connectivity index (χ2n) is 2.93. The molecule has 0 fully saturated rings. The van der Waals surface area contributed by atoms with Gasteiger partial charge in [0, 0.05) is 11.8 Å². The van der Waals surface area contributed by atoms with Gasteiger partial charge in [0.25, 0.3) is 0 Å². The lowest BCUT2D eigenvalue weighted by atomic mass is 10.3. The second-order valence-corrected chi connectivity index (χ2v) is 6.65. The molecule has 1 rings (SSSR count). The van der Waals surface area contributed by atoms with Crippen molar-refractivity contribution in [1.29, 1.82) is 0 Å². The number of benzene rings is 1. The van der Waals surface area contributed by atoms with Gasteiger partial charge in [0.2, 0.25) is 0 Å². The standard InChI is InChI=1S/C10H13Cl2O3PS/c1-3-13-16(17,14-4-2)15-9-7-5-6-8(11)10(9)12/h5-7H,3-4H2,1-2H3. The summed E-state index contributed by atoms with van der Waals surface area (Å²) in [4.78, 5) is 0. The molecular weight excluding hydrogens is 302 g/mol. The van der Waals surface area contributed by atoms with Crippen LogP contribution < -0.4 is 4.52 Å². The predicted octanol–water partition coefficient (Wildman–Crippen LogP) is 4.67. The van der Waals surface area contributed by atoms with Gasteiger partial charge >= 0.3 is 6.72 Å². The van der Waals surface area contributed by atoms with Gasteiger partial charge in [-0.3, -0.25) is 9.05 Å². The predicted molar refractivity (Wildman–Crippen MR) is 74.6 cm³/mol. The maximum atomic E-state index is 6.00. The third-order valence-corrected chi connectivity index (χ3v) is 4.93. The normalized spacial score (nSPS) is 11.5. The lowest BCUT2D eigenvalue weighted by Crippen LogP contribution is -2.02. The van der Waals surface area contributed by atoms with Gasteiger partial charge < -0.3 is 4.52 Å². The molecule has 1 aromatic carbocycles. The van der Waals surface area contributed by atoms with E-state index in [1.54, 1.807) is 18.2 Å². The molecule has 0 saturated carbocycles. The van der Waals surface area contributed by atoms with E-state index in [9.17, 15) is 0 Å². The Morgan fingerprint density at radius 3 is 2.29 bits per heavy atom. The Kier molecular flexibility index (Phi) is 6.21. The molecular formula is C10H13Cl2O3PS. The van der Waals surface area contributed by atoms with E-state index in [0.717, 1.165) is 0 Å². The third kappa shape index (κ3) is 4.40. The third-order valence-electron chi connectivity index (χ3n) is 1.70. The SMILES string of the molecule is CCOP(=S)(OCC)Oc1cccc(Cl)c1Cl. The molecule has 0 N–H and O–H groups in total. The quantitative estimate of drug-likeness (QED) is 0.713. The zero-order valence-corrected chi connectivity index (χ0v) is 12.7. The zero-order valence-electron chi connectivity index (χ0n) is 9.48. The fraction of sp³-hybridized carbons (Fsp3) is 0.400. The first-order chi connectivity index (χ1) is 8.02.